The molecule has 1 saturated carbocycles. The molecule has 12 rings (SSSR count). The Balaban J connectivity index is 1.11. The normalized spacial score (nSPS) is 18.3. The third-order valence-electron chi connectivity index (χ3n) is 14.1. The number of hydrogen-bond donors (Lipinski definition) is 0. The highest BCUT2D eigenvalue weighted by molar-refractivity contribution is 5.99. The van der Waals surface area contributed by atoms with Crippen molar-refractivity contribution in [3.8, 4) is 22.3 Å². The number of nitrogens with zero attached hydrogens (tertiary/aromatic N) is 2. The summed E-state index contributed by atoms with van der Waals surface area (Å²) in [6.07, 6.45) is 4.68. The Morgan fingerprint density at radius 3 is 1.31 bits per heavy atom. The predicted octanol–water partition coefficient (Wildman–Crippen LogP) is 15.5. The summed E-state index contributed by atoms with van der Waals surface area (Å²) < 4.78 is 0. The highest BCUT2D eigenvalue weighted by atomic mass is 15.2. The van der Waals surface area contributed by atoms with E-state index in [1.54, 1.807) is 0 Å². The van der Waals surface area contributed by atoms with Crippen LogP contribution in [0.1, 0.15) is 35.1 Å². The second-order valence-electron chi connectivity index (χ2n) is 17.2. The molecule has 0 saturated heterocycles. The minimum Gasteiger partial charge on any atom is -0.310 e. The highest BCUT2D eigenvalue weighted by Crippen LogP contribution is 2.69. The molecule has 0 bridgehead atoms. The monoisotopic (exact) mass is 782 g/mol. The van der Waals surface area contributed by atoms with Gasteiger partial charge in [0.2, 0.25) is 0 Å². The molecule has 3 unspecified atom stereocenters. The fraction of sp³-hybridized carbons (Fsp3) is 0.119. The first-order chi connectivity index (χ1) is 30.3. The molecule has 9 aromatic carbocycles. The molecular weight excluding hydrogens is 737 g/mol. The van der Waals surface area contributed by atoms with Crippen molar-refractivity contribution in [1.82, 2.24) is 0 Å². The zero-order chi connectivity index (χ0) is 40.3. The van der Waals surface area contributed by atoms with Crippen molar-refractivity contribution in [2.45, 2.75) is 31.1 Å². The minimum absolute atomic E-state index is 0.138. The van der Waals surface area contributed by atoms with Crippen molar-refractivity contribution >= 4 is 44.9 Å². The summed E-state index contributed by atoms with van der Waals surface area (Å²) in [4.78, 5) is 5.15. The van der Waals surface area contributed by atoms with Crippen molar-refractivity contribution in [3.05, 3.63) is 241 Å². The lowest BCUT2D eigenvalue weighted by Gasteiger charge is -2.40. The topological polar surface area (TPSA) is 6.48 Å². The molecule has 1 fully saturated rings. The highest BCUT2D eigenvalue weighted by Gasteiger charge is 2.62. The van der Waals surface area contributed by atoms with Crippen LogP contribution >= 0.6 is 0 Å². The van der Waals surface area contributed by atoms with Gasteiger partial charge in [0.15, 0.2) is 0 Å². The lowest BCUT2D eigenvalue weighted by Crippen LogP contribution is -2.34. The maximum Gasteiger partial charge on any atom is 0.0546 e. The quantitative estimate of drug-likeness (QED) is 0.151. The lowest BCUT2D eigenvalue weighted by molar-refractivity contribution is 0.350. The van der Waals surface area contributed by atoms with Crippen molar-refractivity contribution in [1.29, 1.82) is 0 Å². The molecular formula is C59H46N2. The first kappa shape index (κ1) is 35.8. The summed E-state index contributed by atoms with van der Waals surface area (Å²) >= 11 is 0. The summed E-state index contributed by atoms with van der Waals surface area (Å²) in [6, 6.07) is 81.1. The summed E-state index contributed by atoms with van der Waals surface area (Å²) in [7, 11) is 0. The van der Waals surface area contributed by atoms with E-state index in [1.165, 1.54) is 102 Å². The van der Waals surface area contributed by atoms with Crippen molar-refractivity contribution in [2.75, 3.05) is 9.80 Å². The molecule has 0 amide bonds. The fourth-order valence-corrected chi connectivity index (χ4v) is 11.7. The van der Waals surface area contributed by atoms with E-state index in [2.05, 4.69) is 228 Å². The van der Waals surface area contributed by atoms with Gasteiger partial charge >= 0.3 is 0 Å². The van der Waals surface area contributed by atoms with Crippen LogP contribution in [0.3, 0.4) is 0 Å². The van der Waals surface area contributed by atoms with Gasteiger partial charge in [-0.25, -0.2) is 0 Å². The number of rotatable bonds is 8. The van der Waals surface area contributed by atoms with Gasteiger partial charge in [-0.05, 0) is 148 Å². The predicted molar refractivity (Wildman–Crippen MR) is 255 cm³/mol. The standard InChI is InChI=1S/C59H46N2/c1-5-17-41(18-6-1)42-31-33-43(34-32-42)53-39-44-19-13-14-20-45(44)40-56(53)61(52-27-11-4-12-28-52)55-30-16-22-47-38-49-36-35-48-37-46-21-15-29-54(57(46)59(48,49)58(47)55)60(50-23-7-2-8-24-50)51-25-9-3-10-26-51/h1-34,39-40,48-49H,35-38H2. The molecule has 1 spiro atoms. The van der Waals surface area contributed by atoms with Crippen LogP contribution in [0.25, 0.3) is 33.0 Å². The molecule has 292 valence electrons. The van der Waals surface area contributed by atoms with E-state index < -0.39 is 0 Å². The van der Waals surface area contributed by atoms with Crippen LogP contribution in [0.15, 0.2) is 218 Å². The van der Waals surface area contributed by atoms with Crippen LogP contribution in [0.2, 0.25) is 0 Å². The molecule has 3 atom stereocenters. The molecule has 2 heteroatoms. The molecule has 61 heavy (non-hydrogen) atoms. The SMILES string of the molecule is c1ccc(-c2ccc(-c3cc4ccccc4cc3N(c3ccccc3)c3cccc4c3C35c6c(cccc6N(c6ccccc6)c6ccccc6)CC3CCC5C4)cc2)cc1. The Morgan fingerprint density at radius 2 is 0.770 bits per heavy atom. The third kappa shape index (κ3) is 5.70. The average molecular weight is 783 g/mol. The molecule has 2 nitrogen and oxygen atoms in total. The van der Waals surface area contributed by atoms with Crippen LogP contribution in [0.5, 0.6) is 0 Å². The van der Waals surface area contributed by atoms with Gasteiger partial charge in [0.05, 0.1) is 17.1 Å². The minimum atomic E-state index is -0.138. The van der Waals surface area contributed by atoms with E-state index in [4.69, 9.17) is 0 Å². The average Bonchev–Trinajstić information content (AvgIpc) is 3.97. The fourth-order valence-electron chi connectivity index (χ4n) is 11.7. The van der Waals surface area contributed by atoms with E-state index in [-0.39, 0.29) is 5.41 Å². The maximum atomic E-state index is 2.62. The van der Waals surface area contributed by atoms with Gasteiger partial charge in [0, 0.05) is 28.0 Å². The maximum absolute atomic E-state index is 2.62. The Hall–Kier alpha value is -7.16. The van der Waals surface area contributed by atoms with Crippen LogP contribution < -0.4 is 9.80 Å². The Labute approximate surface area is 359 Å². The molecule has 3 aliphatic carbocycles. The number of para-hydroxylation sites is 3. The number of hydrogen-bond acceptors (Lipinski definition) is 2. The van der Waals surface area contributed by atoms with E-state index in [0.29, 0.717) is 11.8 Å². The molecule has 0 aromatic heterocycles. The molecule has 0 N–H and O–H groups in total. The van der Waals surface area contributed by atoms with Crippen LogP contribution in [-0.2, 0) is 18.3 Å². The van der Waals surface area contributed by atoms with Gasteiger partial charge in [0.1, 0.15) is 0 Å². The van der Waals surface area contributed by atoms with E-state index in [0.717, 1.165) is 12.8 Å². The van der Waals surface area contributed by atoms with Crippen LogP contribution in [0.4, 0.5) is 34.1 Å². The van der Waals surface area contributed by atoms with Crippen LogP contribution in [-0.4, -0.2) is 0 Å². The van der Waals surface area contributed by atoms with E-state index >= 15 is 0 Å². The first-order valence-corrected chi connectivity index (χ1v) is 21.9. The Kier molecular flexibility index (Phi) is 8.52. The van der Waals surface area contributed by atoms with E-state index in [1.807, 2.05) is 0 Å². The van der Waals surface area contributed by atoms with Gasteiger partial charge in [-0.1, -0.05) is 158 Å². The summed E-state index contributed by atoms with van der Waals surface area (Å²) in [5, 5.41) is 2.48. The second kappa shape index (κ2) is 14.5. The summed E-state index contributed by atoms with van der Waals surface area (Å²) in [5.74, 6) is 1.03. The van der Waals surface area contributed by atoms with Gasteiger partial charge in [-0.3, -0.25) is 0 Å². The van der Waals surface area contributed by atoms with Crippen LogP contribution in [0, 0.1) is 11.8 Å². The largest absolute Gasteiger partial charge is 0.310 e. The number of benzene rings is 9. The smallest absolute Gasteiger partial charge is 0.0546 e. The second-order valence-corrected chi connectivity index (χ2v) is 17.2. The molecule has 0 radical (unpaired) electrons. The van der Waals surface area contributed by atoms with Gasteiger partial charge in [-0.2, -0.15) is 0 Å². The third-order valence-corrected chi connectivity index (χ3v) is 14.1. The van der Waals surface area contributed by atoms with Gasteiger partial charge in [0.25, 0.3) is 0 Å². The summed E-state index contributed by atoms with van der Waals surface area (Å²) in [6.45, 7) is 0. The zero-order valence-electron chi connectivity index (χ0n) is 34.2. The Bertz CT molecular complexity index is 2980. The van der Waals surface area contributed by atoms with Crippen molar-refractivity contribution in [3.63, 3.8) is 0 Å². The summed E-state index contributed by atoms with van der Waals surface area (Å²) in [5.41, 5.74) is 18.1. The van der Waals surface area contributed by atoms with E-state index in [9.17, 15) is 0 Å². The van der Waals surface area contributed by atoms with Crippen molar-refractivity contribution < 1.29 is 0 Å². The van der Waals surface area contributed by atoms with Gasteiger partial charge in [-0.15, -0.1) is 0 Å². The molecule has 0 aliphatic heterocycles. The first-order valence-electron chi connectivity index (χ1n) is 21.9. The number of anilines is 6. The Morgan fingerprint density at radius 1 is 0.344 bits per heavy atom. The zero-order valence-corrected chi connectivity index (χ0v) is 34.2. The van der Waals surface area contributed by atoms with Crippen molar-refractivity contribution in [2.24, 2.45) is 11.8 Å². The number of fused-ring (bicyclic) bond motifs is 3. The van der Waals surface area contributed by atoms with Gasteiger partial charge < -0.3 is 9.80 Å². The molecule has 3 aliphatic rings. The molecule has 9 aromatic rings. The lowest BCUT2D eigenvalue weighted by atomic mass is 9.68. The molecule has 0 heterocycles.